The molecule has 1 aromatic carbocycles. The van der Waals surface area contributed by atoms with E-state index in [9.17, 15) is 8.42 Å². The Hall–Kier alpha value is -0.950. The van der Waals surface area contributed by atoms with Gasteiger partial charge in [-0.3, -0.25) is 0 Å². The third kappa shape index (κ3) is 2.81. The Bertz CT molecular complexity index is 518. The lowest BCUT2D eigenvalue weighted by Crippen LogP contribution is -2.41. The minimum atomic E-state index is -3.38. The Morgan fingerprint density at radius 1 is 1.32 bits per heavy atom. The molecule has 2 N–H and O–H groups in total. The van der Waals surface area contributed by atoms with Crippen molar-refractivity contribution in [2.24, 2.45) is 5.73 Å². The Labute approximate surface area is 115 Å². The highest BCUT2D eigenvalue weighted by molar-refractivity contribution is 7.86. The van der Waals surface area contributed by atoms with Crippen molar-refractivity contribution in [3.63, 3.8) is 0 Å². The molecule has 1 saturated heterocycles. The first-order chi connectivity index (χ1) is 8.96. The fourth-order valence-corrected chi connectivity index (χ4v) is 3.82. The summed E-state index contributed by atoms with van der Waals surface area (Å²) in [6, 6.07) is 9.72. The van der Waals surface area contributed by atoms with E-state index in [-0.39, 0.29) is 12.0 Å². The summed E-state index contributed by atoms with van der Waals surface area (Å²) in [6.07, 6.45) is 0. The molecule has 5 nitrogen and oxygen atoms in total. The molecule has 2 atom stereocenters. The lowest BCUT2D eigenvalue weighted by molar-refractivity contribution is 0.399. The van der Waals surface area contributed by atoms with E-state index in [0.29, 0.717) is 19.6 Å². The standard InChI is InChI=1S/C13H21N3O2S/c1-3-15(2)19(17,18)16-9-12(13(14)10-16)11-7-5-4-6-8-11/h4-8,12-13H,3,9-10,14H2,1-2H3/t12-,13+/m0/s1. The highest BCUT2D eigenvalue weighted by Crippen LogP contribution is 2.28. The van der Waals surface area contributed by atoms with Crippen LogP contribution in [0.25, 0.3) is 0 Å². The second-order valence-electron chi connectivity index (χ2n) is 4.92. The molecule has 19 heavy (non-hydrogen) atoms. The highest BCUT2D eigenvalue weighted by Gasteiger charge is 2.38. The van der Waals surface area contributed by atoms with Crippen LogP contribution in [0.3, 0.4) is 0 Å². The van der Waals surface area contributed by atoms with Gasteiger partial charge >= 0.3 is 0 Å². The van der Waals surface area contributed by atoms with Crippen LogP contribution in [0.2, 0.25) is 0 Å². The van der Waals surface area contributed by atoms with Crippen molar-refractivity contribution >= 4 is 10.2 Å². The fourth-order valence-electron chi connectivity index (χ4n) is 2.39. The van der Waals surface area contributed by atoms with Gasteiger partial charge in [0.15, 0.2) is 0 Å². The third-order valence-electron chi connectivity index (χ3n) is 3.72. The maximum absolute atomic E-state index is 12.3. The van der Waals surface area contributed by atoms with Gasteiger partial charge in [0.05, 0.1) is 0 Å². The largest absolute Gasteiger partial charge is 0.326 e. The van der Waals surface area contributed by atoms with Crippen molar-refractivity contribution in [3.8, 4) is 0 Å². The van der Waals surface area contributed by atoms with Crippen molar-refractivity contribution in [1.29, 1.82) is 0 Å². The summed E-state index contributed by atoms with van der Waals surface area (Å²) >= 11 is 0. The van der Waals surface area contributed by atoms with Gasteiger partial charge in [-0.1, -0.05) is 37.3 Å². The van der Waals surface area contributed by atoms with Gasteiger partial charge < -0.3 is 5.73 Å². The van der Waals surface area contributed by atoms with Crippen LogP contribution < -0.4 is 5.73 Å². The quantitative estimate of drug-likeness (QED) is 0.880. The van der Waals surface area contributed by atoms with Crippen LogP contribution in [0.4, 0.5) is 0 Å². The summed E-state index contributed by atoms with van der Waals surface area (Å²) in [5, 5.41) is 0. The van der Waals surface area contributed by atoms with Crippen LogP contribution in [0.5, 0.6) is 0 Å². The molecule has 0 amide bonds. The van der Waals surface area contributed by atoms with Crippen molar-refractivity contribution in [2.75, 3.05) is 26.7 Å². The summed E-state index contributed by atoms with van der Waals surface area (Å²) in [5.41, 5.74) is 7.22. The van der Waals surface area contributed by atoms with Crippen LogP contribution >= 0.6 is 0 Å². The smallest absolute Gasteiger partial charge is 0.281 e. The average molecular weight is 283 g/mol. The molecule has 0 saturated carbocycles. The van der Waals surface area contributed by atoms with E-state index in [0.717, 1.165) is 5.56 Å². The van der Waals surface area contributed by atoms with Crippen LogP contribution in [0, 0.1) is 0 Å². The van der Waals surface area contributed by atoms with Gasteiger partial charge in [-0.15, -0.1) is 0 Å². The van der Waals surface area contributed by atoms with Crippen LogP contribution in [-0.2, 0) is 10.2 Å². The molecule has 1 aliphatic rings. The van der Waals surface area contributed by atoms with Gasteiger partial charge in [-0.2, -0.15) is 17.0 Å². The molecule has 0 spiro atoms. The maximum atomic E-state index is 12.3. The lowest BCUT2D eigenvalue weighted by Gasteiger charge is -2.22. The molecule has 0 bridgehead atoms. The minimum Gasteiger partial charge on any atom is -0.326 e. The van der Waals surface area contributed by atoms with Gasteiger partial charge in [0.1, 0.15) is 0 Å². The summed E-state index contributed by atoms with van der Waals surface area (Å²) in [4.78, 5) is 0. The molecule has 0 unspecified atom stereocenters. The number of nitrogens with two attached hydrogens (primary N) is 1. The molecule has 1 heterocycles. The van der Waals surface area contributed by atoms with Crippen molar-refractivity contribution in [3.05, 3.63) is 35.9 Å². The number of hydrogen-bond donors (Lipinski definition) is 1. The van der Waals surface area contributed by atoms with Gasteiger partial charge in [0.25, 0.3) is 10.2 Å². The van der Waals surface area contributed by atoms with E-state index in [1.54, 1.807) is 7.05 Å². The predicted molar refractivity (Wildman–Crippen MR) is 76.0 cm³/mol. The summed E-state index contributed by atoms with van der Waals surface area (Å²) < 4.78 is 27.4. The third-order valence-corrected chi connectivity index (χ3v) is 5.72. The molecular weight excluding hydrogens is 262 g/mol. The van der Waals surface area contributed by atoms with Crippen molar-refractivity contribution in [2.45, 2.75) is 18.9 Å². The molecule has 0 aromatic heterocycles. The van der Waals surface area contributed by atoms with E-state index in [1.807, 2.05) is 37.3 Å². The zero-order valence-corrected chi connectivity index (χ0v) is 12.2. The molecular formula is C13H21N3O2S. The van der Waals surface area contributed by atoms with E-state index in [1.165, 1.54) is 8.61 Å². The molecule has 6 heteroatoms. The Kier molecular flexibility index (Phi) is 4.25. The van der Waals surface area contributed by atoms with Gasteiger partial charge in [-0.05, 0) is 5.56 Å². The first-order valence-corrected chi connectivity index (χ1v) is 7.88. The molecule has 2 rings (SSSR count). The molecule has 1 aliphatic heterocycles. The second kappa shape index (κ2) is 5.58. The zero-order chi connectivity index (χ0) is 14.0. The normalized spacial score (nSPS) is 25.1. The number of hydrogen-bond acceptors (Lipinski definition) is 3. The van der Waals surface area contributed by atoms with Crippen LogP contribution in [0.15, 0.2) is 30.3 Å². The summed E-state index contributed by atoms with van der Waals surface area (Å²) in [5.74, 6) is 0.0706. The average Bonchev–Trinajstić information content (AvgIpc) is 2.81. The van der Waals surface area contributed by atoms with E-state index in [4.69, 9.17) is 5.73 Å². The Morgan fingerprint density at radius 3 is 2.53 bits per heavy atom. The first kappa shape index (κ1) is 14.5. The van der Waals surface area contributed by atoms with Gasteiger partial charge in [-0.25, -0.2) is 0 Å². The first-order valence-electron chi connectivity index (χ1n) is 6.48. The molecule has 0 radical (unpaired) electrons. The summed E-state index contributed by atoms with van der Waals surface area (Å²) in [6.45, 7) is 3.12. The van der Waals surface area contributed by atoms with Gasteiger partial charge in [0, 0.05) is 38.6 Å². The minimum absolute atomic E-state index is 0.0706. The summed E-state index contributed by atoms with van der Waals surface area (Å²) in [7, 11) is -1.78. The molecule has 0 aliphatic carbocycles. The number of benzene rings is 1. The second-order valence-corrected chi connectivity index (χ2v) is 6.96. The molecule has 1 fully saturated rings. The fraction of sp³-hybridized carbons (Fsp3) is 0.538. The van der Waals surface area contributed by atoms with Crippen molar-refractivity contribution < 1.29 is 8.42 Å². The zero-order valence-electron chi connectivity index (χ0n) is 11.4. The molecule has 1 aromatic rings. The van der Waals surface area contributed by atoms with Crippen LogP contribution in [0.1, 0.15) is 18.4 Å². The van der Waals surface area contributed by atoms with E-state index >= 15 is 0 Å². The highest BCUT2D eigenvalue weighted by atomic mass is 32.2. The maximum Gasteiger partial charge on any atom is 0.281 e. The number of nitrogens with zero attached hydrogens (tertiary/aromatic N) is 2. The van der Waals surface area contributed by atoms with Crippen molar-refractivity contribution in [1.82, 2.24) is 8.61 Å². The van der Waals surface area contributed by atoms with E-state index < -0.39 is 10.2 Å². The van der Waals surface area contributed by atoms with Crippen LogP contribution in [-0.4, -0.2) is 49.8 Å². The van der Waals surface area contributed by atoms with Gasteiger partial charge in [0.2, 0.25) is 0 Å². The lowest BCUT2D eigenvalue weighted by atomic mass is 9.95. The monoisotopic (exact) mass is 283 g/mol. The Morgan fingerprint density at radius 2 is 1.95 bits per heavy atom. The topological polar surface area (TPSA) is 66.6 Å². The number of rotatable bonds is 4. The Balaban J connectivity index is 2.19. The predicted octanol–water partition coefficient (Wildman–Crippen LogP) is 0.610. The molecule has 106 valence electrons. The van der Waals surface area contributed by atoms with E-state index in [2.05, 4.69) is 0 Å². The SMILES string of the molecule is CCN(C)S(=O)(=O)N1C[C@@H](N)[C@H](c2ccccc2)C1.